The summed E-state index contributed by atoms with van der Waals surface area (Å²) in [7, 11) is 3.71. The molecule has 1 aromatic rings. The number of carbonyl (C=O) groups is 1. The van der Waals surface area contributed by atoms with Gasteiger partial charge in [-0.1, -0.05) is 13.3 Å². The third-order valence-electron chi connectivity index (χ3n) is 3.77. The summed E-state index contributed by atoms with van der Waals surface area (Å²) in [6.07, 6.45) is 4.35. The predicted molar refractivity (Wildman–Crippen MR) is 82.0 cm³/mol. The molecule has 0 aliphatic heterocycles. The molecule has 0 spiro atoms. The summed E-state index contributed by atoms with van der Waals surface area (Å²) in [5.41, 5.74) is 1.86. The molecule has 0 saturated heterocycles. The molecule has 0 radical (unpaired) electrons. The van der Waals surface area contributed by atoms with Gasteiger partial charge < -0.3 is 10.2 Å². The van der Waals surface area contributed by atoms with Gasteiger partial charge in [-0.3, -0.25) is 4.79 Å². The zero-order valence-electron chi connectivity index (χ0n) is 12.3. The summed E-state index contributed by atoms with van der Waals surface area (Å²) >= 11 is 1.59. The van der Waals surface area contributed by atoms with E-state index in [9.17, 15) is 10.1 Å². The average Bonchev–Trinajstić information content (AvgIpc) is 2.73. The number of hydrogen-bond donors (Lipinski definition) is 1. The lowest BCUT2D eigenvalue weighted by atomic mass is 9.86. The Hall–Kier alpha value is -1.38. The van der Waals surface area contributed by atoms with E-state index < -0.39 is 0 Å². The van der Waals surface area contributed by atoms with Crippen LogP contribution in [0.2, 0.25) is 0 Å². The highest BCUT2D eigenvalue weighted by molar-refractivity contribution is 7.16. The van der Waals surface area contributed by atoms with Crippen molar-refractivity contribution in [2.24, 2.45) is 5.92 Å². The molecule has 1 atom stereocenters. The van der Waals surface area contributed by atoms with Gasteiger partial charge in [0.2, 0.25) is 5.91 Å². The van der Waals surface area contributed by atoms with Crippen LogP contribution in [0.1, 0.15) is 35.8 Å². The largest absolute Gasteiger partial charge is 0.315 e. The molecule has 0 aromatic carbocycles. The van der Waals surface area contributed by atoms with Crippen molar-refractivity contribution >= 4 is 22.2 Å². The second kappa shape index (κ2) is 6.38. The topological polar surface area (TPSA) is 56.1 Å². The molecule has 0 bridgehead atoms. The summed E-state index contributed by atoms with van der Waals surface area (Å²) in [6.45, 7) is 2.55. The predicted octanol–water partition coefficient (Wildman–Crippen LogP) is 2.63. The summed E-state index contributed by atoms with van der Waals surface area (Å²) in [5.74, 6) is 0.662. The standard InChI is InChI=1S/C15H21N3OS/c1-4-10-5-6-11-12(8-16)15(20-13(11)7-10)17-14(19)9-18(2)3/h10H,4-7,9H2,1-3H3,(H,17,19). The van der Waals surface area contributed by atoms with Crippen molar-refractivity contribution in [2.75, 3.05) is 26.0 Å². The lowest BCUT2D eigenvalue weighted by Crippen LogP contribution is -2.27. The monoisotopic (exact) mass is 291 g/mol. The fourth-order valence-corrected chi connectivity index (χ4v) is 3.99. The Labute approximate surface area is 124 Å². The number of likely N-dealkylation sites (N-methyl/N-ethyl adjacent to an activating group) is 1. The summed E-state index contributed by atoms with van der Waals surface area (Å²) in [6, 6.07) is 2.28. The van der Waals surface area contributed by atoms with Gasteiger partial charge in [0.15, 0.2) is 0 Å². The van der Waals surface area contributed by atoms with E-state index in [-0.39, 0.29) is 5.91 Å². The van der Waals surface area contributed by atoms with Crippen molar-refractivity contribution in [1.29, 1.82) is 5.26 Å². The van der Waals surface area contributed by atoms with Crippen LogP contribution >= 0.6 is 11.3 Å². The van der Waals surface area contributed by atoms with Gasteiger partial charge >= 0.3 is 0 Å². The number of carbonyl (C=O) groups excluding carboxylic acids is 1. The maximum Gasteiger partial charge on any atom is 0.239 e. The molecule has 2 rings (SSSR count). The van der Waals surface area contributed by atoms with E-state index in [0.29, 0.717) is 12.1 Å². The quantitative estimate of drug-likeness (QED) is 0.928. The molecule has 1 N–H and O–H groups in total. The SMILES string of the molecule is CCC1CCc2c(sc(NC(=O)CN(C)C)c2C#N)C1. The molecule has 20 heavy (non-hydrogen) atoms. The third-order valence-corrected chi connectivity index (χ3v) is 4.94. The van der Waals surface area contributed by atoms with Crippen LogP contribution in [0.5, 0.6) is 0 Å². The number of nitrogens with zero attached hydrogens (tertiary/aromatic N) is 2. The Morgan fingerprint density at radius 1 is 1.55 bits per heavy atom. The normalized spacial score (nSPS) is 17.6. The molecule has 1 unspecified atom stereocenters. The molecule has 1 heterocycles. The van der Waals surface area contributed by atoms with Gasteiger partial charge in [-0.25, -0.2) is 0 Å². The van der Waals surface area contributed by atoms with E-state index in [1.165, 1.54) is 16.9 Å². The van der Waals surface area contributed by atoms with Crippen molar-refractivity contribution < 1.29 is 4.79 Å². The Morgan fingerprint density at radius 2 is 2.30 bits per heavy atom. The van der Waals surface area contributed by atoms with E-state index in [1.54, 1.807) is 11.3 Å². The van der Waals surface area contributed by atoms with Crippen LogP contribution in [0, 0.1) is 17.2 Å². The molecule has 1 amide bonds. The summed E-state index contributed by atoms with van der Waals surface area (Å²) in [4.78, 5) is 15.0. The van der Waals surface area contributed by atoms with E-state index in [2.05, 4.69) is 18.3 Å². The molecule has 108 valence electrons. The fraction of sp³-hybridized carbons (Fsp3) is 0.600. The first kappa shape index (κ1) is 15.0. The second-order valence-electron chi connectivity index (χ2n) is 5.62. The summed E-state index contributed by atoms with van der Waals surface area (Å²) in [5, 5.41) is 13.0. The van der Waals surface area contributed by atoms with Crippen LogP contribution in [-0.2, 0) is 17.6 Å². The van der Waals surface area contributed by atoms with Gasteiger partial charge in [0, 0.05) is 4.88 Å². The number of amides is 1. The number of thiophene rings is 1. The van der Waals surface area contributed by atoms with Gasteiger partial charge in [-0.2, -0.15) is 5.26 Å². The van der Waals surface area contributed by atoms with Crippen molar-refractivity contribution in [2.45, 2.75) is 32.6 Å². The lowest BCUT2D eigenvalue weighted by molar-refractivity contribution is -0.116. The Bertz CT molecular complexity index is 542. The van der Waals surface area contributed by atoms with Gasteiger partial charge in [-0.05, 0) is 44.8 Å². The number of rotatable bonds is 4. The first-order chi connectivity index (χ1) is 9.55. The lowest BCUT2D eigenvalue weighted by Gasteiger charge is -2.20. The first-order valence-electron chi connectivity index (χ1n) is 7.04. The Balaban J connectivity index is 2.21. The van der Waals surface area contributed by atoms with Crippen LogP contribution in [0.3, 0.4) is 0 Å². The molecule has 5 heteroatoms. The van der Waals surface area contributed by atoms with E-state index in [1.807, 2.05) is 19.0 Å². The Kier molecular flexibility index (Phi) is 4.79. The van der Waals surface area contributed by atoms with Crippen molar-refractivity contribution in [3.63, 3.8) is 0 Å². The molecule has 0 saturated carbocycles. The zero-order valence-corrected chi connectivity index (χ0v) is 13.1. The minimum Gasteiger partial charge on any atom is -0.315 e. The van der Waals surface area contributed by atoms with Crippen molar-refractivity contribution in [3.05, 3.63) is 16.0 Å². The molecular formula is C15H21N3OS. The Morgan fingerprint density at radius 3 is 2.90 bits per heavy atom. The summed E-state index contributed by atoms with van der Waals surface area (Å²) < 4.78 is 0. The second-order valence-corrected chi connectivity index (χ2v) is 6.73. The van der Waals surface area contributed by atoms with E-state index in [4.69, 9.17) is 0 Å². The minimum atomic E-state index is -0.0582. The minimum absolute atomic E-state index is 0.0582. The molecular weight excluding hydrogens is 270 g/mol. The molecule has 1 aromatic heterocycles. The highest BCUT2D eigenvalue weighted by Crippen LogP contribution is 2.39. The van der Waals surface area contributed by atoms with Crippen molar-refractivity contribution in [3.8, 4) is 6.07 Å². The van der Waals surface area contributed by atoms with Crippen molar-refractivity contribution in [1.82, 2.24) is 4.90 Å². The highest BCUT2D eigenvalue weighted by atomic mass is 32.1. The highest BCUT2D eigenvalue weighted by Gasteiger charge is 2.25. The van der Waals surface area contributed by atoms with Crippen LogP contribution in [0.15, 0.2) is 0 Å². The van der Waals surface area contributed by atoms with Crippen LogP contribution < -0.4 is 5.32 Å². The number of fused-ring (bicyclic) bond motifs is 1. The molecule has 1 aliphatic rings. The van der Waals surface area contributed by atoms with Crippen LogP contribution in [0.25, 0.3) is 0 Å². The maximum atomic E-state index is 11.9. The number of hydrogen-bond acceptors (Lipinski definition) is 4. The van der Waals surface area contributed by atoms with E-state index >= 15 is 0 Å². The molecule has 4 nitrogen and oxygen atoms in total. The zero-order chi connectivity index (χ0) is 14.7. The molecule has 1 aliphatic carbocycles. The fourth-order valence-electron chi connectivity index (χ4n) is 2.66. The van der Waals surface area contributed by atoms with Crippen LogP contribution in [-0.4, -0.2) is 31.4 Å². The molecule has 0 fully saturated rings. The first-order valence-corrected chi connectivity index (χ1v) is 7.86. The average molecular weight is 291 g/mol. The van der Waals surface area contributed by atoms with Crippen LogP contribution in [0.4, 0.5) is 5.00 Å². The van der Waals surface area contributed by atoms with Gasteiger partial charge in [-0.15, -0.1) is 11.3 Å². The smallest absolute Gasteiger partial charge is 0.239 e. The van der Waals surface area contributed by atoms with Gasteiger partial charge in [0.1, 0.15) is 11.1 Å². The maximum absolute atomic E-state index is 11.9. The third kappa shape index (κ3) is 3.20. The van der Waals surface area contributed by atoms with E-state index in [0.717, 1.165) is 30.2 Å². The number of anilines is 1. The van der Waals surface area contributed by atoms with Gasteiger partial charge in [0.05, 0.1) is 12.1 Å². The number of nitrogens with one attached hydrogen (secondary N) is 1. The number of nitriles is 1. The van der Waals surface area contributed by atoms with Gasteiger partial charge in [0.25, 0.3) is 0 Å².